The van der Waals surface area contributed by atoms with Gasteiger partial charge in [-0.15, -0.1) is 10.2 Å². The molecule has 1 N–H and O–H groups in total. The first-order chi connectivity index (χ1) is 22.4. The molecule has 0 radical (unpaired) electrons. The first kappa shape index (κ1) is 31.1. The fourth-order valence-electron chi connectivity index (χ4n) is 5.13. The Morgan fingerprint density at radius 2 is 1.54 bits per heavy atom. The molecule has 1 fully saturated rings. The van der Waals surface area contributed by atoms with Crippen molar-refractivity contribution in [3.63, 3.8) is 0 Å². The molecule has 8 nitrogen and oxygen atoms in total. The summed E-state index contributed by atoms with van der Waals surface area (Å²) in [4.78, 5) is 28.6. The fraction of sp³-hybridized carbons (Fsp3) is 0.167. The van der Waals surface area contributed by atoms with E-state index in [1.54, 1.807) is 48.5 Å². The van der Waals surface area contributed by atoms with Gasteiger partial charge in [0.2, 0.25) is 5.13 Å². The Bertz CT molecular complexity index is 1870. The van der Waals surface area contributed by atoms with Gasteiger partial charge in [0.25, 0.3) is 5.78 Å². The molecule has 2 heterocycles. The van der Waals surface area contributed by atoms with Crippen LogP contribution in [0, 0.1) is 6.92 Å². The molecule has 0 aliphatic carbocycles. The van der Waals surface area contributed by atoms with Crippen molar-refractivity contribution in [2.24, 2.45) is 0 Å². The number of hydrogen-bond donors (Lipinski definition) is 1. The molecule has 6 rings (SSSR count). The molecule has 1 aromatic heterocycles. The highest BCUT2D eigenvalue weighted by molar-refractivity contribution is 8.00. The molecule has 1 atom stereocenters. The lowest BCUT2D eigenvalue weighted by Crippen LogP contribution is -2.29. The average Bonchev–Trinajstić information content (AvgIpc) is 3.66. The summed E-state index contributed by atoms with van der Waals surface area (Å²) in [5, 5.41) is 20.4. The zero-order valence-corrected chi connectivity index (χ0v) is 26.9. The molecular formula is C36H31N3O5S2. The minimum atomic E-state index is -0.924. The van der Waals surface area contributed by atoms with Crippen LogP contribution in [0.25, 0.3) is 5.76 Å². The third-order valence-electron chi connectivity index (χ3n) is 7.54. The van der Waals surface area contributed by atoms with Gasteiger partial charge in [0.15, 0.2) is 4.34 Å². The van der Waals surface area contributed by atoms with Crippen LogP contribution in [-0.2, 0) is 21.9 Å². The van der Waals surface area contributed by atoms with E-state index in [4.69, 9.17) is 9.47 Å². The van der Waals surface area contributed by atoms with Crippen LogP contribution >= 0.6 is 23.1 Å². The van der Waals surface area contributed by atoms with Crippen molar-refractivity contribution in [3.05, 3.63) is 137 Å². The van der Waals surface area contributed by atoms with Gasteiger partial charge in [-0.05, 0) is 72.5 Å². The summed E-state index contributed by atoms with van der Waals surface area (Å²) in [5.41, 5.74) is 4.31. The topological polar surface area (TPSA) is 102 Å². The monoisotopic (exact) mass is 649 g/mol. The van der Waals surface area contributed by atoms with Crippen molar-refractivity contribution in [1.29, 1.82) is 0 Å². The maximum atomic E-state index is 13.6. The molecule has 1 unspecified atom stereocenters. The van der Waals surface area contributed by atoms with Gasteiger partial charge in [-0.2, -0.15) is 0 Å². The minimum Gasteiger partial charge on any atom is -0.507 e. The number of Topliss-reactive ketones (excluding diaryl/α,β-unsaturated/α-hetero) is 1. The standard InChI is InChI=1S/C36H31N3O5S2/c1-3-43-28-17-13-25(14-18-28)31-30(32(40)26-15-19-29(20-16-26)44-21-27-12-8-7-9-23(27)2)33(41)34(42)39(31)35-37-38-36(46-35)45-22-24-10-5-4-6-11-24/h4-20,31,40H,3,21-22H2,1-2H3. The highest BCUT2D eigenvalue weighted by Gasteiger charge is 2.48. The summed E-state index contributed by atoms with van der Waals surface area (Å²) in [5.74, 6) is 0.0757. The van der Waals surface area contributed by atoms with Crippen molar-refractivity contribution < 1.29 is 24.2 Å². The Balaban J connectivity index is 1.31. The predicted molar refractivity (Wildman–Crippen MR) is 180 cm³/mol. The smallest absolute Gasteiger partial charge is 0.301 e. The summed E-state index contributed by atoms with van der Waals surface area (Å²) >= 11 is 2.73. The zero-order chi connectivity index (χ0) is 32.0. The van der Waals surface area contributed by atoms with Gasteiger partial charge in [-0.25, -0.2) is 0 Å². The number of carbonyl (C=O) groups is 2. The lowest BCUT2D eigenvalue weighted by molar-refractivity contribution is -0.132. The number of hydrogen-bond acceptors (Lipinski definition) is 9. The second-order valence-corrected chi connectivity index (χ2v) is 12.7. The number of benzene rings is 4. The largest absolute Gasteiger partial charge is 0.507 e. The third kappa shape index (κ3) is 6.68. The van der Waals surface area contributed by atoms with E-state index in [1.807, 2.05) is 68.4 Å². The highest BCUT2D eigenvalue weighted by atomic mass is 32.2. The van der Waals surface area contributed by atoms with Crippen LogP contribution < -0.4 is 14.4 Å². The number of aliphatic hydroxyl groups is 1. The molecule has 232 valence electrons. The first-order valence-electron chi connectivity index (χ1n) is 14.7. The maximum Gasteiger partial charge on any atom is 0.301 e. The second kappa shape index (κ2) is 14.0. The van der Waals surface area contributed by atoms with E-state index >= 15 is 0 Å². The molecule has 1 saturated heterocycles. The second-order valence-electron chi connectivity index (χ2n) is 10.5. The fourth-order valence-corrected chi connectivity index (χ4v) is 6.96. The number of rotatable bonds is 11. The van der Waals surface area contributed by atoms with Crippen molar-refractivity contribution in [2.75, 3.05) is 11.5 Å². The maximum absolute atomic E-state index is 13.6. The van der Waals surface area contributed by atoms with Crippen LogP contribution in [0.4, 0.5) is 5.13 Å². The molecular weight excluding hydrogens is 619 g/mol. The Morgan fingerprint density at radius 1 is 0.870 bits per heavy atom. The Hall–Kier alpha value is -4.93. The van der Waals surface area contributed by atoms with Gasteiger partial charge < -0.3 is 14.6 Å². The SMILES string of the molecule is CCOc1ccc(C2C(=C(O)c3ccc(OCc4ccccc4C)cc3)C(=O)C(=O)N2c2nnc(SCc3ccccc3)s2)cc1. The van der Waals surface area contributed by atoms with E-state index in [0.717, 1.165) is 16.7 Å². The quantitative estimate of drug-likeness (QED) is 0.0510. The number of ketones is 1. The summed E-state index contributed by atoms with van der Waals surface area (Å²) < 4.78 is 12.2. The van der Waals surface area contributed by atoms with Gasteiger partial charge in [-0.1, -0.05) is 89.8 Å². The molecule has 10 heteroatoms. The molecule has 0 spiro atoms. The molecule has 1 aliphatic heterocycles. The number of amides is 1. The molecule has 5 aromatic rings. The number of ether oxygens (including phenoxy) is 2. The lowest BCUT2D eigenvalue weighted by atomic mass is 9.95. The van der Waals surface area contributed by atoms with Crippen LogP contribution in [0.3, 0.4) is 0 Å². The molecule has 46 heavy (non-hydrogen) atoms. The number of thioether (sulfide) groups is 1. The Kier molecular flexibility index (Phi) is 9.46. The zero-order valence-electron chi connectivity index (χ0n) is 25.3. The van der Waals surface area contributed by atoms with Crippen LogP contribution in [-0.4, -0.2) is 33.6 Å². The van der Waals surface area contributed by atoms with Crippen molar-refractivity contribution in [1.82, 2.24) is 10.2 Å². The van der Waals surface area contributed by atoms with Gasteiger partial charge >= 0.3 is 5.91 Å². The Morgan fingerprint density at radius 3 is 2.26 bits per heavy atom. The van der Waals surface area contributed by atoms with E-state index < -0.39 is 17.7 Å². The molecule has 1 aliphatic rings. The number of anilines is 1. The van der Waals surface area contributed by atoms with Crippen LogP contribution in [0.2, 0.25) is 0 Å². The van der Waals surface area contributed by atoms with E-state index in [9.17, 15) is 14.7 Å². The first-order valence-corrected chi connectivity index (χ1v) is 16.5. The summed E-state index contributed by atoms with van der Waals surface area (Å²) in [6, 6.07) is 31.0. The van der Waals surface area contributed by atoms with Crippen LogP contribution in [0.5, 0.6) is 11.5 Å². The lowest BCUT2D eigenvalue weighted by Gasteiger charge is -2.22. The number of aryl methyl sites for hydroxylation is 1. The normalized spacial score (nSPS) is 15.7. The van der Waals surface area contributed by atoms with Crippen molar-refractivity contribution >= 4 is 45.7 Å². The summed E-state index contributed by atoms with van der Waals surface area (Å²) in [7, 11) is 0. The Labute approximate surface area is 275 Å². The molecule has 0 saturated carbocycles. The van der Waals surface area contributed by atoms with E-state index in [2.05, 4.69) is 10.2 Å². The average molecular weight is 650 g/mol. The van der Waals surface area contributed by atoms with Gasteiger partial charge in [-0.3, -0.25) is 14.5 Å². The van der Waals surface area contributed by atoms with Crippen LogP contribution in [0.1, 0.15) is 40.8 Å². The van der Waals surface area contributed by atoms with Crippen molar-refractivity contribution in [2.45, 2.75) is 36.6 Å². The van der Waals surface area contributed by atoms with E-state index in [-0.39, 0.29) is 16.5 Å². The molecule has 0 bridgehead atoms. The van der Waals surface area contributed by atoms with Gasteiger partial charge in [0.1, 0.15) is 23.9 Å². The summed E-state index contributed by atoms with van der Waals surface area (Å²) in [6.45, 7) is 4.82. The molecule has 4 aromatic carbocycles. The van der Waals surface area contributed by atoms with Crippen LogP contribution in [0.15, 0.2) is 113 Å². The number of aliphatic hydroxyl groups excluding tert-OH is 1. The summed E-state index contributed by atoms with van der Waals surface area (Å²) in [6.07, 6.45) is 0. The molecule has 1 amide bonds. The predicted octanol–water partition coefficient (Wildman–Crippen LogP) is 7.74. The number of carbonyl (C=O) groups excluding carboxylic acids is 2. The number of aromatic nitrogens is 2. The minimum absolute atomic E-state index is 0.0311. The third-order valence-corrected chi connectivity index (χ3v) is 9.67. The van der Waals surface area contributed by atoms with E-state index in [1.165, 1.54) is 28.0 Å². The van der Waals surface area contributed by atoms with Gasteiger partial charge in [0.05, 0.1) is 18.2 Å². The van der Waals surface area contributed by atoms with Gasteiger partial charge in [0, 0.05) is 11.3 Å². The van der Waals surface area contributed by atoms with Crippen molar-refractivity contribution in [3.8, 4) is 11.5 Å². The van der Waals surface area contributed by atoms with E-state index in [0.29, 0.717) is 45.9 Å². The highest BCUT2D eigenvalue weighted by Crippen LogP contribution is 2.44. The number of nitrogens with zero attached hydrogens (tertiary/aromatic N) is 3.